The molecule has 0 radical (unpaired) electrons. The fraction of sp³-hybridized carbons (Fsp3) is 0.345. The monoisotopic (exact) mass is 484 g/mol. The SMILES string of the molecule is CC(C)(C)OC(=O)Nc1cc2ccccc2cc1C(=O)N1CCCN(Cc2ccc(C#N)cc2)CC1. The van der Waals surface area contributed by atoms with Gasteiger partial charge in [0.25, 0.3) is 5.91 Å². The first kappa shape index (κ1) is 25.2. The van der Waals surface area contributed by atoms with Gasteiger partial charge in [0, 0.05) is 32.7 Å². The zero-order chi connectivity index (χ0) is 25.7. The molecular weight excluding hydrogens is 452 g/mol. The van der Waals surface area contributed by atoms with E-state index in [2.05, 4.69) is 16.3 Å². The maximum Gasteiger partial charge on any atom is 0.412 e. The van der Waals surface area contributed by atoms with Crippen LogP contribution in [0.2, 0.25) is 0 Å². The van der Waals surface area contributed by atoms with E-state index >= 15 is 0 Å². The molecule has 7 nitrogen and oxygen atoms in total. The first-order valence-corrected chi connectivity index (χ1v) is 12.3. The Bertz CT molecular complexity index is 1290. The van der Waals surface area contributed by atoms with Crippen molar-refractivity contribution in [1.29, 1.82) is 5.26 Å². The Morgan fingerprint density at radius 3 is 2.33 bits per heavy atom. The van der Waals surface area contributed by atoms with Crippen LogP contribution >= 0.6 is 0 Å². The third-order valence-electron chi connectivity index (χ3n) is 6.12. The number of hydrogen-bond donors (Lipinski definition) is 1. The minimum atomic E-state index is -0.645. The second-order valence-electron chi connectivity index (χ2n) is 10.1. The molecule has 36 heavy (non-hydrogen) atoms. The third-order valence-corrected chi connectivity index (χ3v) is 6.12. The van der Waals surface area contributed by atoms with Crippen LogP contribution in [0.1, 0.15) is 48.7 Å². The summed E-state index contributed by atoms with van der Waals surface area (Å²) in [5.41, 5.74) is 2.06. The van der Waals surface area contributed by atoms with Crippen LogP contribution in [0.5, 0.6) is 0 Å². The summed E-state index contributed by atoms with van der Waals surface area (Å²) in [6.45, 7) is 9.04. The standard InChI is InChI=1S/C29H32N4O3/c1-29(2,3)36-28(35)31-26-18-24-8-5-4-7-23(24)17-25(26)27(34)33-14-6-13-32(15-16-33)20-22-11-9-21(19-30)10-12-22/h4-5,7-12,17-18H,6,13-16,20H2,1-3H3,(H,31,35). The number of ether oxygens (including phenoxy) is 1. The molecule has 3 aromatic carbocycles. The number of anilines is 1. The van der Waals surface area contributed by atoms with Gasteiger partial charge in [-0.1, -0.05) is 36.4 Å². The number of nitriles is 1. The first-order valence-electron chi connectivity index (χ1n) is 12.3. The molecule has 0 bridgehead atoms. The molecule has 4 rings (SSSR count). The Hall–Kier alpha value is -3.89. The van der Waals surface area contributed by atoms with Gasteiger partial charge >= 0.3 is 6.09 Å². The fourth-order valence-electron chi connectivity index (χ4n) is 4.38. The molecule has 0 aliphatic carbocycles. The average Bonchev–Trinajstić information content (AvgIpc) is 3.08. The van der Waals surface area contributed by atoms with Gasteiger partial charge in [0.15, 0.2) is 0 Å². The number of carbonyl (C=O) groups is 2. The van der Waals surface area contributed by atoms with Crippen LogP contribution in [-0.4, -0.2) is 53.6 Å². The van der Waals surface area contributed by atoms with Crippen LogP contribution in [0.25, 0.3) is 10.8 Å². The quantitative estimate of drug-likeness (QED) is 0.535. The molecule has 1 aliphatic rings. The van der Waals surface area contributed by atoms with E-state index in [0.717, 1.165) is 42.4 Å². The lowest BCUT2D eigenvalue weighted by Crippen LogP contribution is -2.36. The molecule has 0 saturated carbocycles. The van der Waals surface area contributed by atoms with Crippen LogP contribution in [0.4, 0.5) is 10.5 Å². The third kappa shape index (κ3) is 6.41. The Balaban J connectivity index is 1.51. The predicted octanol–water partition coefficient (Wildman–Crippen LogP) is 5.41. The normalized spacial score (nSPS) is 14.7. The van der Waals surface area contributed by atoms with Gasteiger partial charge in [0.2, 0.25) is 0 Å². The van der Waals surface area contributed by atoms with E-state index in [9.17, 15) is 9.59 Å². The average molecular weight is 485 g/mol. The summed E-state index contributed by atoms with van der Waals surface area (Å²) in [6, 6.07) is 21.3. The van der Waals surface area contributed by atoms with E-state index in [1.165, 1.54) is 0 Å². The molecule has 0 aromatic heterocycles. The Kier molecular flexibility index (Phi) is 7.56. The van der Waals surface area contributed by atoms with Crippen LogP contribution in [-0.2, 0) is 11.3 Å². The van der Waals surface area contributed by atoms with Gasteiger partial charge in [-0.3, -0.25) is 15.0 Å². The minimum absolute atomic E-state index is 0.105. The predicted molar refractivity (Wildman–Crippen MR) is 141 cm³/mol. The maximum atomic E-state index is 13.7. The van der Waals surface area contributed by atoms with E-state index in [1.807, 2.05) is 65.6 Å². The molecule has 1 N–H and O–H groups in total. The highest BCUT2D eigenvalue weighted by Crippen LogP contribution is 2.27. The van der Waals surface area contributed by atoms with Crippen molar-refractivity contribution in [2.45, 2.75) is 39.3 Å². The lowest BCUT2D eigenvalue weighted by atomic mass is 10.0. The molecule has 7 heteroatoms. The molecule has 1 fully saturated rings. The number of fused-ring (bicyclic) bond motifs is 1. The van der Waals surface area contributed by atoms with E-state index in [4.69, 9.17) is 10.00 Å². The van der Waals surface area contributed by atoms with Crippen LogP contribution < -0.4 is 5.32 Å². The summed E-state index contributed by atoms with van der Waals surface area (Å²) in [7, 11) is 0. The van der Waals surface area contributed by atoms with Gasteiger partial charge in [-0.25, -0.2) is 4.79 Å². The van der Waals surface area contributed by atoms with E-state index in [1.54, 1.807) is 20.8 Å². The molecule has 0 atom stereocenters. The van der Waals surface area contributed by atoms with Gasteiger partial charge in [-0.05, 0) is 67.8 Å². The number of amides is 2. The molecule has 1 heterocycles. The summed E-state index contributed by atoms with van der Waals surface area (Å²) in [5.74, 6) is -0.105. The number of nitrogens with one attached hydrogen (secondary N) is 1. The van der Waals surface area contributed by atoms with E-state index < -0.39 is 11.7 Å². The smallest absolute Gasteiger partial charge is 0.412 e. The Morgan fingerprint density at radius 2 is 1.67 bits per heavy atom. The van der Waals surface area contributed by atoms with Crippen molar-refractivity contribution in [1.82, 2.24) is 9.80 Å². The van der Waals surface area contributed by atoms with Crippen molar-refractivity contribution in [2.75, 3.05) is 31.5 Å². The molecule has 2 amide bonds. The molecular formula is C29H32N4O3. The highest BCUT2D eigenvalue weighted by atomic mass is 16.6. The topological polar surface area (TPSA) is 85.7 Å². The van der Waals surface area contributed by atoms with Crippen molar-refractivity contribution in [3.63, 3.8) is 0 Å². The lowest BCUT2D eigenvalue weighted by Gasteiger charge is -2.24. The van der Waals surface area contributed by atoms with E-state index in [0.29, 0.717) is 29.9 Å². The van der Waals surface area contributed by atoms with Gasteiger partial charge < -0.3 is 9.64 Å². The summed E-state index contributed by atoms with van der Waals surface area (Å²) < 4.78 is 5.44. The Morgan fingerprint density at radius 1 is 0.972 bits per heavy atom. The lowest BCUT2D eigenvalue weighted by molar-refractivity contribution is 0.0636. The number of carbonyl (C=O) groups excluding carboxylic acids is 2. The van der Waals surface area contributed by atoms with Gasteiger partial charge in [-0.15, -0.1) is 0 Å². The van der Waals surface area contributed by atoms with Crippen LogP contribution in [0, 0.1) is 11.3 Å². The summed E-state index contributed by atoms with van der Waals surface area (Å²) >= 11 is 0. The fourth-order valence-corrected chi connectivity index (χ4v) is 4.38. The van der Waals surface area contributed by atoms with Gasteiger partial charge in [0.1, 0.15) is 5.60 Å². The second kappa shape index (κ2) is 10.8. The maximum absolute atomic E-state index is 13.7. The molecule has 3 aromatic rings. The minimum Gasteiger partial charge on any atom is -0.444 e. The Labute approximate surface area is 212 Å². The number of rotatable bonds is 4. The second-order valence-corrected chi connectivity index (χ2v) is 10.1. The van der Waals surface area contributed by atoms with Gasteiger partial charge in [-0.2, -0.15) is 5.26 Å². The molecule has 186 valence electrons. The van der Waals surface area contributed by atoms with Gasteiger partial charge in [0.05, 0.1) is 22.9 Å². The number of nitrogens with zero attached hydrogens (tertiary/aromatic N) is 3. The zero-order valence-corrected chi connectivity index (χ0v) is 21.1. The van der Waals surface area contributed by atoms with Crippen molar-refractivity contribution in [2.24, 2.45) is 0 Å². The number of benzene rings is 3. The molecule has 0 unspecified atom stereocenters. The van der Waals surface area contributed by atoms with E-state index in [-0.39, 0.29) is 5.91 Å². The van der Waals surface area contributed by atoms with Crippen molar-refractivity contribution in [3.05, 3.63) is 77.4 Å². The highest BCUT2D eigenvalue weighted by molar-refractivity contribution is 6.07. The van der Waals surface area contributed by atoms with Crippen molar-refractivity contribution in [3.8, 4) is 6.07 Å². The summed E-state index contributed by atoms with van der Waals surface area (Å²) in [4.78, 5) is 30.4. The molecule has 1 aliphatic heterocycles. The summed E-state index contributed by atoms with van der Waals surface area (Å²) in [6.07, 6.45) is 0.265. The first-order chi connectivity index (χ1) is 17.2. The number of hydrogen-bond acceptors (Lipinski definition) is 5. The van der Waals surface area contributed by atoms with Crippen LogP contribution in [0.15, 0.2) is 60.7 Å². The largest absolute Gasteiger partial charge is 0.444 e. The van der Waals surface area contributed by atoms with Crippen molar-refractivity contribution >= 4 is 28.5 Å². The van der Waals surface area contributed by atoms with Crippen LogP contribution in [0.3, 0.4) is 0 Å². The van der Waals surface area contributed by atoms with Crippen molar-refractivity contribution < 1.29 is 14.3 Å². The molecule has 0 spiro atoms. The zero-order valence-electron chi connectivity index (χ0n) is 21.1. The molecule has 1 saturated heterocycles. The summed E-state index contributed by atoms with van der Waals surface area (Å²) in [5, 5.41) is 13.7. The highest BCUT2D eigenvalue weighted by Gasteiger charge is 2.25.